The van der Waals surface area contributed by atoms with Crippen LogP contribution in [0.5, 0.6) is 0 Å². The molecule has 0 amide bonds. The molecular weight excluding hydrogens is 344 g/mol. The van der Waals surface area contributed by atoms with E-state index in [1.165, 1.54) is 6.92 Å². The van der Waals surface area contributed by atoms with E-state index in [0.29, 0.717) is 18.4 Å². The van der Waals surface area contributed by atoms with Gasteiger partial charge >= 0.3 is 5.97 Å². The predicted octanol–water partition coefficient (Wildman–Crippen LogP) is 2.64. The molecule has 2 N–H and O–H groups in total. The highest BCUT2D eigenvalue weighted by atomic mass is 16.5. The number of ketones is 1. The van der Waals surface area contributed by atoms with Gasteiger partial charge in [0.2, 0.25) is 0 Å². The summed E-state index contributed by atoms with van der Waals surface area (Å²) in [6.45, 7) is 11.8. The second-order valence-electron chi connectivity index (χ2n) is 10.2. The third-order valence-electron chi connectivity index (χ3n) is 8.94. The predicted molar refractivity (Wildman–Crippen MR) is 99.6 cm³/mol. The van der Waals surface area contributed by atoms with Gasteiger partial charge in [-0.05, 0) is 60.3 Å². The minimum absolute atomic E-state index is 0.0714. The molecule has 0 aliphatic heterocycles. The van der Waals surface area contributed by atoms with Crippen molar-refractivity contribution in [1.82, 2.24) is 0 Å². The van der Waals surface area contributed by atoms with Crippen LogP contribution < -0.4 is 0 Å². The van der Waals surface area contributed by atoms with Crippen molar-refractivity contribution in [2.75, 3.05) is 0 Å². The normalized spacial score (nSPS) is 50.7. The summed E-state index contributed by atoms with van der Waals surface area (Å²) in [4.78, 5) is 25.4. The minimum Gasteiger partial charge on any atom is -0.461 e. The van der Waals surface area contributed by atoms with Crippen molar-refractivity contribution in [1.29, 1.82) is 0 Å². The molecule has 2 bridgehead atoms. The number of Topliss-reactive ketones (excluding diaryl/α,β-unsaturated/α-hetero) is 1. The molecular formula is C22H32O5. The highest BCUT2D eigenvalue weighted by molar-refractivity contribution is 6.04. The Morgan fingerprint density at radius 2 is 1.81 bits per heavy atom. The fourth-order valence-corrected chi connectivity index (χ4v) is 7.64. The lowest BCUT2D eigenvalue weighted by Crippen LogP contribution is -2.68. The van der Waals surface area contributed by atoms with Crippen LogP contribution in [0.25, 0.3) is 0 Å². The fraction of sp³-hybridized carbons (Fsp3) is 0.818. The van der Waals surface area contributed by atoms with E-state index >= 15 is 0 Å². The maximum atomic E-state index is 13.5. The van der Waals surface area contributed by atoms with E-state index in [-0.39, 0.29) is 34.4 Å². The van der Waals surface area contributed by atoms with E-state index < -0.39 is 29.7 Å². The second kappa shape index (κ2) is 5.66. The summed E-state index contributed by atoms with van der Waals surface area (Å²) in [5.74, 6) is -0.714. The molecule has 1 unspecified atom stereocenters. The number of aliphatic hydroxyl groups is 2. The quantitative estimate of drug-likeness (QED) is 0.543. The van der Waals surface area contributed by atoms with Crippen molar-refractivity contribution < 1.29 is 24.5 Å². The first-order valence-electron chi connectivity index (χ1n) is 10.3. The maximum absolute atomic E-state index is 13.5. The Morgan fingerprint density at radius 1 is 1.15 bits per heavy atom. The van der Waals surface area contributed by atoms with Gasteiger partial charge in [-0.1, -0.05) is 27.4 Å². The standard InChI is InChI=1S/C22H32O5/c1-11-13-6-7-14-21(5)9-8-16(24)20(3,4)15(21)10-17(27-12(2)23)22(14,18(11)25)19(13)26/h13-17,19,24,26H,1,6-10H2,2-5H3/t13-,14-,15+,16?,17+,19+,21-,22-/m0/s1. The van der Waals surface area contributed by atoms with E-state index in [1.807, 2.05) is 0 Å². The number of aliphatic hydroxyl groups excluding tert-OH is 2. The highest BCUT2D eigenvalue weighted by Crippen LogP contribution is 2.71. The van der Waals surface area contributed by atoms with Crippen molar-refractivity contribution in [3.8, 4) is 0 Å². The van der Waals surface area contributed by atoms with Crippen LogP contribution in [0, 0.1) is 34.0 Å². The molecule has 0 aromatic heterocycles. The van der Waals surface area contributed by atoms with Crippen LogP contribution in [0.4, 0.5) is 0 Å². The Morgan fingerprint density at radius 3 is 2.44 bits per heavy atom. The largest absolute Gasteiger partial charge is 0.461 e. The lowest BCUT2D eigenvalue weighted by molar-refractivity contribution is -0.245. The molecule has 27 heavy (non-hydrogen) atoms. The van der Waals surface area contributed by atoms with Crippen molar-refractivity contribution in [2.45, 2.75) is 78.1 Å². The number of hydrogen-bond acceptors (Lipinski definition) is 5. The summed E-state index contributed by atoms with van der Waals surface area (Å²) in [7, 11) is 0. The van der Waals surface area contributed by atoms with E-state index in [4.69, 9.17) is 4.74 Å². The SMILES string of the molecule is C=C1C(=O)[C@]23[C@H](O)[C@H]1CC[C@H]2[C@]1(C)CCC(O)C(C)(C)[C@H]1C[C@H]3OC(C)=O. The Labute approximate surface area is 161 Å². The Balaban J connectivity index is 1.90. The molecule has 1 spiro atoms. The van der Waals surface area contributed by atoms with Gasteiger partial charge < -0.3 is 14.9 Å². The Hall–Kier alpha value is -1.20. The van der Waals surface area contributed by atoms with E-state index in [2.05, 4.69) is 27.4 Å². The first-order valence-corrected chi connectivity index (χ1v) is 10.3. The first-order chi connectivity index (χ1) is 12.5. The first kappa shape index (κ1) is 19.1. The van der Waals surface area contributed by atoms with E-state index in [9.17, 15) is 19.8 Å². The van der Waals surface area contributed by atoms with Gasteiger partial charge in [-0.25, -0.2) is 0 Å². The topological polar surface area (TPSA) is 83.8 Å². The molecule has 0 saturated heterocycles. The summed E-state index contributed by atoms with van der Waals surface area (Å²) in [6, 6.07) is 0. The van der Waals surface area contributed by atoms with Crippen LogP contribution >= 0.6 is 0 Å². The summed E-state index contributed by atoms with van der Waals surface area (Å²) in [5, 5.41) is 22.0. The average Bonchev–Trinajstić information content (AvgIpc) is 2.69. The zero-order valence-corrected chi connectivity index (χ0v) is 16.8. The number of rotatable bonds is 1. The van der Waals surface area contributed by atoms with Gasteiger partial charge in [0, 0.05) is 12.8 Å². The number of fused-ring (bicyclic) bond motifs is 3. The average molecular weight is 376 g/mol. The van der Waals surface area contributed by atoms with Crippen LogP contribution in [0.1, 0.15) is 59.8 Å². The highest BCUT2D eigenvalue weighted by Gasteiger charge is 2.75. The van der Waals surface area contributed by atoms with Crippen molar-refractivity contribution >= 4 is 11.8 Å². The summed E-state index contributed by atoms with van der Waals surface area (Å²) in [5.41, 5.74) is -1.10. The Kier molecular flexibility index (Phi) is 4.01. The molecule has 0 heterocycles. The molecule has 4 aliphatic rings. The van der Waals surface area contributed by atoms with Crippen LogP contribution in [0.3, 0.4) is 0 Å². The smallest absolute Gasteiger partial charge is 0.302 e. The van der Waals surface area contributed by atoms with Crippen molar-refractivity contribution in [3.05, 3.63) is 12.2 Å². The second-order valence-corrected chi connectivity index (χ2v) is 10.2. The van der Waals surface area contributed by atoms with Gasteiger partial charge in [0.25, 0.3) is 0 Å². The summed E-state index contributed by atoms with van der Waals surface area (Å²) < 4.78 is 5.75. The molecule has 5 nitrogen and oxygen atoms in total. The molecule has 4 fully saturated rings. The fourth-order valence-electron chi connectivity index (χ4n) is 7.64. The third-order valence-corrected chi connectivity index (χ3v) is 8.94. The van der Waals surface area contributed by atoms with Crippen LogP contribution in [0.15, 0.2) is 12.2 Å². The number of carbonyl (C=O) groups excluding carboxylic acids is 2. The van der Waals surface area contributed by atoms with Crippen LogP contribution in [0.2, 0.25) is 0 Å². The van der Waals surface area contributed by atoms with Gasteiger partial charge in [-0.2, -0.15) is 0 Å². The third kappa shape index (κ3) is 2.13. The molecule has 8 atom stereocenters. The molecule has 0 aromatic carbocycles. The van der Waals surface area contributed by atoms with Crippen LogP contribution in [-0.4, -0.2) is 40.3 Å². The number of carbonyl (C=O) groups is 2. The van der Waals surface area contributed by atoms with Gasteiger partial charge in [-0.15, -0.1) is 0 Å². The molecule has 4 rings (SSSR count). The molecule has 4 saturated carbocycles. The lowest BCUT2D eigenvalue weighted by atomic mass is 9.39. The van der Waals surface area contributed by atoms with Gasteiger partial charge in [0.05, 0.1) is 17.6 Å². The number of hydrogen-bond donors (Lipinski definition) is 2. The molecule has 4 aliphatic carbocycles. The van der Waals surface area contributed by atoms with Crippen molar-refractivity contribution in [2.24, 2.45) is 34.0 Å². The summed E-state index contributed by atoms with van der Waals surface area (Å²) in [6.07, 6.45) is 1.66. The van der Waals surface area contributed by atoms with Crippen molar-refractivity contribution in [3.63, 3.8) is 0 Å². The van der Waals surface area contributed by atoms with E-state index in [1.54, 1.807) is 0 Å². The lowest BCUT2D eigenvalue weighted by Gasteiger charge is -2.66. The molecule has 150 valence electrons. The number of esters is 1. The van der Waals surface area contributed by atoms with Gasteiger partial charge in [0.1, 0.15) is 6.10 Å². The van der Waals surface area contributed by atoms with E-state index in [0.717, 1.165) is 19.3 Å². The van der Waals surface area contributed by atoms with Gasteiger partial charge in [-0.3, -0.25) is 9.59 Å². The number of ether oxygens (including phenoxy) is 1. The van der Waals surface area contributed by atoms with Gasteiger partial charge in [0.15, 0.2) is 5.78 Å². The Bertz CT molecular complexity index is 711. The maximum Gasteiger partial charge on any atom is 0.302 e. The zero-order valence-electron chi connectivity index (χ0n) is 16.8. The molecule has 0 aromatic rings. The summed E-state index contributed by atoms with van der Waals surface area (Å²) >= 11 is 0. The molecule has 0 radical (unpaired) electrons. The molecule has 5 heteroatoms. The zero-order chi connectivity index (χ0) is 19.9. The van der Waals surface area contributed by atoms with Crippen LogP contribution in [-0.2, 0) is 14.3 Å². The monoisotopic (exact) mass is 376 g/mol. The minimum atomic E-state index is -1.07.